The van der Waals surface area contributed by atoms with Crippen LogP contribution in [-0.2, 0) is 4.79 Å². The van der Waals surface area contributed by atoms with Crippen LogP contribution in [0.3, 0.4) is 0 Å². The number of amides is 1. The van der Waals surface area contributed by atoms with Gasteiger partial charge in [0.1, 0.15) is 0 Å². The number of hydrogen-bond donors (Lipinski definition) is 1. The number of hydrogen-bond acceptors (Lipinski definition) is 1. The lowest BCUT2D eigenvalue weighted by molar-refractivity contribution is -0.119. The van der Waals surface area contributed by atoms with Crippen molar-refractivity contribution in [2.45, 2.75) is 34.1 Å². The number of allylic oxidation sites excluding steroid dienone is 3. The molecule has 1 aliphatic heterocycles. The van der Waals surface area contributed by atoms with Crippen molar-refractivity contribution in [3.05, 3.63) is 34.6 Å². The van der Waals surface area contributed by atoms with Crippen LogP contribution >= 0.6 is 0 Å². The second-order valence-corrected chi connectivity index (χ2v) is 3.94. The third-order valence-electron chi connectivity index (χ3n) is 2.16. The molecule has 1 N–H and O–H groups in total. The average molecular weight is 191 g/mol. The van der Waals surface area contributed by atoms with Crippen LogP contribution in [0.1, 0.15) is 34.1 Å². The van der Waals surface area contributed by atoms with Gasteiger partial charge in [0, 0.05) is 12.1 Å². The maximum absolute atomic E-state index is 11.3. The molecule has 2 nitrogen and oxygen atoms in total. The van der Waals surface area contributed by atoms with Gasteiger partial charge >= 0.3 is 0 Å². The summed E-state index contributed by atoms with van der Waals surface area (Å²) in [5.74, 6) is 0.0636. The van der Waals surface area contributed by atoms with Gasteiger partial charge in [-0.05, 0) is 33.3 Å². The molecule has 0 aromatic carbocycles. The van der Waals surface area contributed by atoms with E-state index in [-0.39, 0.29) is 5.91 Å². The van der Waals surface area contributed by atoms with Crippen molar-refractivity contribution in [2.75, 3.05) is 0 Å². The highest BCUT2D eigenvalue weighted by atomic mass is 16.1. The highest BCUT2D eigenvalue weighted by Crippen LogP contribution is 2.20. The van der Waals surface area contributed by atoms with Crippen molar-refractivity contribution in [1.82, 2.24) is 5.32 Å². The van der Waals surface area contributed by atoms with Crippen LogP contribution in [0.5, 0.6) is 0 Å². The highest BCUT2D eigenvalue weighted by molar-refractivity contribution is 5.82. The van der Waals surface area contributed by atoms with Crippen molar-refractivity contribution in [2.24, 2.45) is 0 Å². The minimum absolute atomic E-state index is 0.0636. The monoisotopic (exact) mass is 191 g/mol. The van der Waals surface area contributed by atoms with Gasteiger partial charge in [-0.1, -0.05) is 23.3 Å². The van der Waals surface area contributed by atoms with Crippen LogP contribution in [0.4, 0.5) is 0 Å². The summed E-state index contributed by atoms with van der Waals surface area (Å²) in [7, 11) is 0. The van der Waals surface area contributed by atoms with Gasteiger partial charge in [0.2, 0.25) is 5.91 Å². The molecule has 76 valence electrons. The molecule has 0 fully saturated rings. The molecule has 14 heavy (non-hydrogen) atoms. The molecule has 0 atom stereocenters. The number of carbonyl (C=O) groups is 1. The molecule has 0 aromatic heterocycles. The Morgan fingerprint density at radius 3 is 2.36 bits per heavy atom. The summed E-state index contributed by atoms with van der Waals surface area (Å²) in [6.45, 7) is 8.13. The molecule has 0 saturated heterocycles. The molecular weight excluding hydrogens is 174 g/mol. The van der Waals surface area contributed by atoms with Crippen LogP contribution < -0.4 is 5.32 Å². The standard InChI is InChI=1S/C12H17NO/c1-8(2)10-6-5-7-11(14)13-12(10)9(3)4/h5-6H,7H2,1-4H3,(H,13,14). The molecule has 0 bridgehead atoms. The van der Waals surface area contributed by atoms with Gasteiger partial charge < -0.3 is 5.32 Å². The van der Waals surface area contributed by atoms with Gasteiger partial charge in [0.05, 0.1) is 0 Å². The number of nitrogens with one attached hydrogen (secondary N) is 1. The first kappa shape index (κ1) is 10.8. The second kappa shape index (κ2) is 4.27. The maximum Gasteiger partial charge on any atom is 0.228 e. The molecule has 0 spiro atoms. The Morgan fingerprint density at radius 2 is 1.86 bits per heavy atom. The fourth-order valence-electron chi connectivity index (χ4n) is 1.44. The third-order valence-corrected chi connectivity index (χ3v) is 2.16. The lowest BCUT2D eigenvalue weighted by Gasteiger charge is -2.12. The Balaban J connectivity index is 3.22. The maximum atomic E-state index is 11.3. The smallest absolute Gasteiger partial charge is 0.228 e. The Bertz CT molecular complexity index is 337. The quantitative estimate of drug-likeness (QED) is 0.626. The molecule has 0 aromatic rings. The summed E-state index contributed by atoms with van der Waals surface area (Å²) in [5.41, 5.74) is 4.46. The first-order valence-corrected chi connectivity index (χ1v) is 4.84. The van der Waals surface area contributed by atoms with E-state index in [0.29, 0.717) is 6.42 Å². The Morgan fingerprint density at radius 1 is 1.21 bits per heavy atom. The van der Waals surface area contributed by atoms with E-state index in [4.69, 9.17) is 0 Å². The normalized spacial score (nSPS) is 16.4. The first-order valence-electron chi connectivity index (χ1n) is 4.84. The molecule has 1 rings (SSSR count). The van der Waals surface area contributed by atoms with Crippen LogP contribution in [0.2, 0.25) is 0 Å². The van der Waals surface area contributed by atoms with Crippen LogP contribution in [0, 0.1) is 0 Å². The van der Waals surface area contributed by atoms with E-state index in [9.17, 15) is 4.79 Å². The molecule has 0 unspecified atom stereocenters. The SMILES string of the molecule is CC(C)=C1C=CCC(=O)NC1=C(C)C. The summed E-state index contributed by atoms with van der Waals surface area (Å²) < 4.78 is 0. The highest BCUT2D eigenvalue weighted by Gasteiger charge is 2.12. The summed E-state index contributed by atoms with van der Waals surface area (Å²) in [5, 5.41) is 2.93. The topological polar surface area (TPSA) is 29.1 Å². The van der Waals surface area contributed by atoms with E-state index in [1.54, 1.807) is 0 Å². The van der Waals surface area contributed by atoms with E-state index >= 15 is 0 Å². The number of carbonyl (C=O) groups excluding carboxylic acids is 1. The average Bonchev–Trinajstić information content (AvgIpc) is 2.26. The van der Waals surface area contributed by atoms with Gasteiger partial charge in [-0.25, -0.2) is 0 Å². The van der Waals surface area contributed by atoms with Crippen molar-refractivity contribution < 1.29 is 4.79 Å². The lowest BCUT2D eigenvalue weighted by atomic mass is 10.0. The van der Waals surface area contributed by atoms with E-state index < -0.39 is 0 Å². The molecule has 1 amide bonds. The minimum atomic E-state index is 0.0636. The molecule has 1 aliphatic rings. The predicted octanol–water partition coefficient (Wildman–Crippen LogP) is 2.69. The summed E-state index contributed by atoms with van der Waals surface area (Å²) in [6.07, 6.45) is 4.40. The molecule has 0 radical (unpaired) electrons. The van der Waals surface area contributed by atoms with Gasteiger partial charge in [-0.2, -0.15) is 0 Å². The van der Waals surface area contributed by atoms with Gasteiger partial charge in [-0.15, -0.1) is 0 Å². The summed E-state index contributed by atoms with van der Waals surface area (Å²) in [4.78, 5) is 11.3. The lowest BCUT2D eigenvalue weighted by Crippen LogP contribution is -2.22. The second-order valence-electron chi connectivity index (χ2n) is 3.94. The summed E-state index contributed by atoms with van der Waals surface area (Å²) in [6, 6.07) is 0. The Kier molecular flexibility index (Phi) is 3.28. The van der Waals surface area contributed by atoms with Crippen molar-refractivity contribution in [3.8, 4) is 0 Å². The molecule has 2 heteroatoms. The van der Waals surface area contributed by atoms with E-state index in [2.05, 4.69) is 19.2 Å². The Labute approximate surface area is 85.4 Å². The molecule has 0 saturated carbocycles. The van der Waals surface area contributed by atoms with Crippen molar-refractivity contribution in [3.63, 3.8) is 0 Å². The zero-order valence-corrected chi connectivity index (χ0v) is 9.27. The Hall–Kier alpha value is -1.31. The van der Waals surface area contributed by atoms with Gasteiger partial charge in [0.15, 0.2) is 0 Å². The zero-order valence-electron chi connectivity index (χ0n) is 9.27. The zero-order chi connectivity index (χ0) is 10.7. The van der Waals surface area contributed by atoms with Crippen LogP contribution in [0.25, 0.3) is 0 Å². The summed E-state index contributed by atoms with van der Waals surface area (Å²) >= 11 is 0. The predicted molar refractivity (Wildman–Crippen MR) is 58.6 cm³/mol. The largest absolute Gasteiger partial charge is 0.325 e. The first-order chi connectivity index (χ1) is 6.52. The van der Waals surface area contributed by atoms with E-state index in [1.165, 1.54) is 5.57 Å². The molecular formula is C12H17NO. The number of rotatable bonds is 0. The van der Waals surface area contributed by atoms with Crippen LogP contribution in [0.15, 0.2) is 34.6 Å². The van der Waals surface area contributed by atoms with E-state index in [1.807, 2.05) is 26.0 Å². The molecule has 1 heterocycles. The third kappa shape index (κ3) is 2.34. The van der Waals surface area contributed by atoms with Gasteiger partial charge in [-0.3, -0.25) is 4.79 Å². The fraction of sp³-hybridized carbons (Fsp3) is 0.417. The van der Waals surface area contributed by atoms with Crippen molar-refractivity contribution >= 4 is 5.91 Å². The van der Waals surface area contributed by atoms with Gasteiger partial charge in [0.25, 0.3) is 0 Å². The van der Waals surface area contributed by atoms with E-state index in [0.717, 1.165) is 16.8 Å². The van der Waals surface area contributed by atoms with Crippen LogP contribution in [-0.4, -0.2) is 5.91 Å². The van der Waals surface area contributed by atoms with Crippen molar-refractivity contribution in [1.29, 1.82) is 0 Å². The minimum Gasteiger partial charge on any atom is -0.325 e. The molecule has 0 aliphatic carbocycles. The fourth-order valence-corrected chi connectivity index (χ4v) is 1.44.